The number of amides is 1. The van der Waals surface area contributed by atoms with E-state index in [0.29, 0.717) is 31.4 Å². The number of hydrogen-bond donors (Lipinski definition) is 2. The molecule has 1 aromatic rings. The minimum absolute atomic E-state index is 0.112. The molecule has 116 valence electrons. The van der Waals surface area contributed by atoms with Gasteiger partial charge >= 0.3 is 0 Å². The summed E-state index contributed by atoms with van der Waals surface area (Å²) in [5.74, 6) is -0.109. The molecular formula is C14H21N3O4. The van der Waals surface area contributed by atoms with E-state index in [1.54, 1.807) is 0 Å². The number of nitrogens with two attached hydrogens (primary N) is 1. The van der Waals surface area contributed by atoms with Crippen LogP contribution in [0.5, 0.6) is 0 Å². The molecule has 0 saturated carbocycles. The first-order valence-electron chi connectivity index (χ1n) is 6.81. The lowest BCUT2D eigenvalue weighted by Crippen LogP contribution is -2.14. The number of anilines is 1. The fourth-order valence-electron chi connectivity index (χ4n) is 1.66. The molecule has 21 heavy (non-hydrogen) atoms. The molecular weight excluding hydrogens is 274 g/mol. The highest BCUT2D eigenvalue weighted by molar-refractivity contribution is 5.94. The van der Waals surface area contributed by atoms with Crippen LogP contribution in [0.4, 0.5) is 11.4 Å². The second-order valence-electron chi connectivity index (χ2n) is 5.07. The first-order valence-corrected chi connectivity index (χ1v) is 6.81. The Labute approximate surface area is 123 Å². The van der Waals surface area contributed by atoms with Crippen LogP contribution in [-0.2, 0) is 4.74 Å². The summed E-state index contributed by atoms with van der Waals surface area (Å²) in [6.45, 7) is 5.81. The van der Waals surface area contributed by atoms with E-state index in [2.05, 4.69) is 19.2 Å². The zero-order valence-corrected chi connectivity index (χ0v) is 12.3. The molecule has 0 aliphatic carbocycles. The van der Waals surface area contributed by atoms with Crippen molar-refractivity contribution in [2.75, 3.05) is 25.1 Å². The van der Waals surface area contributed by atoms with Gasteiger partial charge < -0.3 is 15.8 Å². The Hall–Kier alpha value is -2.15. The molecule has 0 saturated heterocycles. The number of nitro groups is 1. The Bertz CT molecular complexity index is 503. The van der Waals surface area contributed by atoms with Gasteiger partial charge in [-0.05, 0) is 24.5 Å². The molecule has 7 heteroatoms. The van der Waals surface area contributed by atoms with Gasteiger partial charge in [-0.15, -0.1) is 0 Å². The van der Waals surface area contributed by atoms with Gasteiger partial charge in [-0.3, -0.25) is 14.9 Å². The Balaban J connectivity index is 2.54. The lowest BCUT2D eigenvalue weighted by atomic mass is 10.1. The molecule has 3 N–H and O–H groups in total. The van der Waals surface area contributed by atoms with Crippen molar-refractivity contribution in [1.29, 1.82) is 0 Å². The van der Waals surface area contributed by atoms with Crippen molar-refractivity contribution in [3.05, 3.63) is 33.9 Å². The third kappa shape index (κ3) is 5.78. The molecule has 1 rings (SSSR count). The summed E-state index contributed by atoms with van der Waals surface area (Å²) in [6, 6.07) is 4.11. The molecule has 0 fully saturated rings. The fourth-order valence-corrected chi connectivity index (χ4v) is 1.66. The highest BCUT2D eigenvalue weighted by Crippen LogP contribution is 2.25. The Morgan fingerprint density at radius 3 is 2.71 bits per heavy atom. The van der Waals surface area contributed by atoms with Crippen LogP contribution in [-0.4, -0.2) is 30.6 Å². The first kappa shape index (κ1) is 16.9. The van der Waals surface area contributed by atoms with Crippen molar-refractivity contribution >= 4 is 17.3 Å². The molecule has 1 amide bonds. The van der Waals surface area contributed by atoms with Crippen molar-refractivity contribution in [3.8, 4) is 0 Å². The fraction of sp³-hybridized carbons (Fsp3) is 0.500. The van der Waals surface area contributed by atoms with Crippen LogP contribution >= 0.6 is 0 Å². The van der Waals surface area contributed by atoms with E-state index in [-0.39, 0.29) is 11.3 Å². The molecule has 0 aliphatic rings. The number of nitro benzene ring substituents is 1. The van der Waals surface area contributed by atoms with Gasteiger partial charge in [0.05, 0.1) is 11.5 Å². The van der Waals surface area contributed by atoms with Gasteiger partial charge in [0.25, 0.3) is 5.69 Å². The molecule has 0 aromatic heterocycles. The predicted molar refractivity (Wildman–Crippen MR) is 80.4 cm³/mol. The SMILES string of the molecule is CC(C)CCOCCNc1ccc(C(N)=O)cc1[N+](=O)[O-]. The third-order valence-electron chi connectivity index (χ3n) is 2.88. The molecule has 0 heterocycles. The second kappa shape index (κ2) is 8.21. The number of nitrogens with zero attached hydrogens (tertiary/aromatic N) is 1. The number of ether oxygens (including phenoxy) is 1. The summed E-state index contributed by atoms with van der Waals surface area (Å²) in [5, 5.41) is 13.9. The minimum atomic E-state index is -0.693. The largest absolute Gasteiger partial charge is 0.380 e. The van der Waals surface area contributed by atoms with E-state index >= 15 is 0 Å². The van der Waals surface area contributed by atoms with Crippen LogP contribution in [0, 0.1) is 16.0 Å². The van der Waals surface area contributed by atoms with Crippen molar-refractivity contribution in [2.24, 2.45) is 11.7 Å². The van der Waals surface area contributed by atoms with Crippen molar-refractivity contribution in [2.45, 2.75) is 20.3 Å². The highest BCUT2D eigenvalue weighted by Gasteiger charge is 2.16. The van der Waals surface area contributed by atoms with Crippen molar-refractivity contribution < 1.29 is 14.5 Å². The van der Waals surface area contributed by atoms with Gasteiger partial charge in [0.15, 0.2) is 0 Å². The number of primary amides is 1. The third-order valence-corrected chi connectivity index (χ3v) is 2.88. The first-order chi connectivity index (χ1) is 9.91. The van der Waals surface area contributed by atoms with Gasteiger partial charge in [0.1, 0.15) is 5.69 Å². The van der Waals surface area contributed by atoms with E-state index < -0.39 is 10.8 Å². The average Bonchev–Trinajstić information content (AvgIpc) is 2.42. The molecule has 0 unspecified atom stereocenters. The maximum atomic E-state index is 11.0. The van der Waals surface area contributed by atoms with Gasteiger partial charge in [0.2, 0.25) is 5.91 Å². The van der Waals surface area contributed by atoms with E-state index in [9.17, 15) is 14.9 Å². The molecule has 1 aromatic carbocycles. The van der Waals surface area contributed by atoms with E-state index in [1.165, 1.54) is 18.2 Å². The van der Waals surface area contributed by atoms with Crippen LogP contribution in [0.3, 0.4) is 0 Å². The summed E-state index contributed by atoms with van der Waals surface area (Å²) >= 11 is 0. The summed E-state index contributed by atoms with van der Waals surface area (Å²) in [6.07, 6.45) is 0.980. The quantitative estimate of drug-likeness (QED) is 0.412. The summed E-state index contributed by atoms with van der Waals surface area (Å²) in [4.78, 5) is 21.5. The maximum absolute atomic E-state index is 11.0. The number of rotatable bonds is 9. The summed E-state index contributed by atoms with van der Waals surface area (Å²) in [7, 11) is 0. The Kier molecular flexibility index (Phi) is 6.61. The molecule has 7 nitrogen and oxygen atoms in total. The van der Waals surface area contributed by atoms with Crippen LogP contribution in [0.2, 0.25) is 0 Å². The normalized spacial score (nSPS) is 10.6. The molecule has 0 aliphatic heterocycles. The number of nitrogens with one attached hydrogen (secondary N) is 1. The molecule has 0 bridgehead atoms. The van der Waals surface area contributed by atoms with E-state index in [0.717, 1.165) is 6.42 Å². The smallest absolute Gasteiger partial charge is 0.293 e. The Morgan fingerprint density at radius 1 is 1.43 bits per heavy atom. The zero-order chi connectivity index (χ0) is 15.8. The molecule has 0 radical (unpaired) electrons. The highest BCUT2D eigenvalue weighted by atomic mass is 16.6. The average molecular weight is 295 g/mol. The van der Waals surface area contributed by atoms with Gasteiger partial charge in [-0.1, -0.05) is 13.8 Å². The van der Waals surface area contributed by atoms with Crippen LogP contribution in [0.1, 0.15) is 30.6 Å². The monoisotopic (exact) mass is 295 g/mol. The summed E-state index contributed by atoms with van der Waals surface area (Å²) in [5.41, 5.74) is 5.39. The van der Waals surface area contributed by atoms with Gasteiger partial charge in [-0.2, -0.15) is 0 Å². The molecule has 0 spiro atoms. The van der Waals surface area contributed by atoms with E-state index in [4.69, 9.17) is 10.5 Å². The lowest BCUT2D eigenvalue weighted by Gasteiger charge is -2.09. The van der Waals surface area contributed by atoms with Gasteiger partial charge in [0, 0.05) is 24.8 Å². The Morgan fingerprint density at radius 2 is 2.14 bits per heavy atom. The predicted octanol–water partition coefficient (Wildman–Crippen LogP) is 2.17. The lowest BCUT2D eigenvalue weighted by molar-refractivity contribution is -0.384. The number of carbonyl (C=O) groups excluding carboxylic acids is 1. The zero-order valence-electron chi connectivity index (χ0n) is 12.3. The van der Waals surface area contributed by atoms with Crippen molar-refractivity contribution in [1.82, 2.24) is 0 Å². The topological polar surface area (TPSA) is 107 Å². The second-order valence-corrected chi connectivity index (χ2v) is 5.07. The molecule has 0 atom stereocenters. The summed E-state index contributed by atoms with van der Waals surface area (Å²) < 4.78 is 5.42. The maximum Gasteiger partial charge on any atom is 0.293 e. The number of benzene rings is 1. The van der Waals surface area contributed by atoms with Crippen LogP contribution in [0.15, 0.2) is 18.2 Å². The van der Waals surface area contributed by atoms with Crippen molar-refractivity contribution in [3.63, 3.8) is 0 Å². The standard InChI is InChI=1S/C14H21N3O4/c1-10(2)5-7-21-8-6-16-12-4-3-11(14(15)18)9-13(12)17(19)20/h3-4,9-10,16H,5-8H2,1-2H3,(H2,15,18). The number of hydrogen-bond acceptors (Lipinski definition) is 5. The minimum Gasteiger partial charge on any atom is -0.380 e. The van der Waals surface area contributed by atoms with E-state index in [1.807, 2.05) is 0 Å². The number of carbonyl (C=O) groups is 1. The van der Waals surface area contributed by atoms with Gasteiger partial charge in [-0.25, -0.2) is 0 Å². The van der Waals surface area contributed by atoms with Crippen LogP contribution in [0.25, 0.3) is 0 Å². The van der Waals surface area contributed by atoms with Crippen LogP contribution < -0.4 is 11.1 Å².